The van der Waals surface area contributed by atoms with Crippen LogP contribution < -0.4 is 11.1 Å². The zero-order valence-corrected chi connectivity index (χ0v) is 15.3. The highest BCUT2D eigenvalue weighted by Crippen LogP contribution is 2.23. The van der Waals surface area contributed by atoms with Gasteiger partial charge in [-0.15, -0.1) is 0 Å². The molecule has 2 aliphatic heterocycles. The maximum Gasteiger partial charge on any atom is 0.256 e. The number of rotatable bonds is 4. The summed E-state index contributed by atoms with van der Waals surface area (Å²) in [6, 6.07) is 7.18. The topological polar surface area (TPSA) is 87.9 Å². The number of nitrogens with one attached hydrogen (secondary N) is 1. The second-order valence-electron chi connectivity index (χ2n) is 7.04. The molecule has 7 nitrogen and oxygen atoms in total. The summed E-state index contributed by atoms with van der Waals surface area (Å²) in [7, 11) is 2.07. The molecule has 0 radical (unpaired) electrons. The van der Waals surface area contributed by atoms with Crippen molar-refractivity contribution in [2.45, 2.75) is 31.5 Å². The molecular weight excluding hydrogens is 332 g/mol. The number of ether oxygens (including phenoxy) is 1. The molecule has 1 aromatic rings. The molecule has 3 N–H and O–H groups in total. The van der Waals surface area contributed by atoms with Crippen LogP contribution in [-0.2, 0) is 9.53 Å². The number of carbonyl (C=O) groups is 2. The third kappa shape index (κ3) is 4.41. The zero-order chi connectivity index (χ0) is 18.5. The SMILES string of the molecule is CN1CCCN(C(=O)c2ccccc2NC(=O)[C@@H]2CC[C@H](CN)O2)CC1. The molecule has 3 rings (SSSR count). The predicted molar refractivity (Wildman–Crippen MR) is 100 cm³/mol. The fourth-order valence-electron chi connectivity index (χ4n) is 3.48. The summed E-state index contributed by atoms with van der Waals surface area (Å²) in [5, 5.41) is 2.88. The van der Waals surface area contributed by atoms with Gasteiger partial charge in [0.2, 0.25) is 0 Å². The Balaban J connectivity index is 1.69. The van der Waals surface area contributed by atoms with Gasteiger partial charge in [-0.05, 0) is 45.0 Å². The number of carbonyl (C=O) groups excluding carboxylic acids is 2. The minimum atomic E-state index is -0.501. The summed E-state index contributed by atoms with van der Waals surface area (Å²) in [5.41, 5.74) is 6.68. The summed E-state index contributed by atoms with van der Waals surface area (Å²) >= 11 is 0. The van der Waals surface area contributed by atoms with Gasteiger partial charge < -0.3 is 25.6 Å². The lowest BCUT2D eigenvalue weighted by Crippen LogP contribution is -2.35. The molecule has 0 spiro atoms. The number of hydrogen-bond donors (Lipinski definition) is 2. The monoisotopic (exact) mass is 360 g/mol. The molecule has 2 aliphatic rings. The van der Waals surface area contributed by atoms with E-state index in [9.17, 15) is 9.59 Å². The second kappa shape index (κ2) is 8.62. The van der Waals surface area contributed by atoms with Crippen LogP contribution in [0.25, 0.3) is 0 Å². The maximum atomic E-state index is 13.0. The van der Waals surface area contributed by atoms with Crippen molar-refractivity contribution in [1.82, 2.24) is 9.80 Å². The third-order valence-corrected chi connectivity index (χ3v) is 5.08. The maximum absolute atomic E-state index is 13.0. The van der Waals surface area contributed by atoms with Gasteiger partial charge in [0, 0.05) is 26.2 Å². The minimum Gasteiger partial charge on any atom is -0.364 e. The highest BCUT2D eigenvalue weighted by Gasteiger charge is 2.30. The standard InChI is InChI=1S/C19H28N4O3/c1-22-9-4-10-23(12-11-22)19(25)15-5-2-3-6-16(15)21-18(24)17-8-7-14(13-20)26-17/h2-3,5-6,14,17H,4,7-13,20H2,1H3,(H,21,24)/t14-,17+/m1/s1. The molecular formula is C19H28N4O3. The Bertz CT molecular complexity index is 651. The van der Waals surface area contributed by atoms with E-state index in [2.05, 4.69) is 17.3 Å². The summed E-state index contributed by atoms with van der Waals surface area (Å²) in [5.74, 6) is -0.250. The normalized spacial score (nSPS) is 24.3. The van der Waals surface area contributed by atoms with Gasteiger partial charge in [-0.1, -0.05) is 12.1 Å². The first-order chi connectivity index (χ1) is 12.6. The van der Waals surface area contributed by atoms with Gasteiger partial charge in [-0.3, -0.25) is 9.59 Å². The van der Waals surface area contributed by atoms with Gasteiger partial charge in [0.25, 0.3) is 11.8 Å². The van der Waals surface area contributed by atoms with Gasteiger partial charge in [0.15, 0.2) is 0 Å². The molecule has 0 aromatic heterocycles. The molecule has 0 bridgehead atoms. The van der Waals surface area contributed by atoms with Crippen LogP contribution in [0, 0.1) is 0 Å². The lowest BCUT2D eigenvalue weighted by Gasteiger charge is -2.22. The first kappa shape index (κ1) is 18.8. The summed E-state index contributed by atoms with van der Waals surface area (Å²) < 4.78 is 5.65. The number of benzene rings is 1. The number of nitrogens with zero attached hydrogens (tertiary/aromatic N) is 2. The molecule has 1 aromatic carbocycles. The number of nitrogens with two attached hydrogens (primary N) is 1. The van der Waals surface area contributed by atoms with E-state index in [0.717, 1.165) is 32.5 Å². The lowest BCUT2D eigenvalue weighted by atomic mass is 10.1. The minimum absolute atomic E-state index is 0.0385. The van der Waals surface area contributed by atoms with E-state index in [1.807, 2.05) is 17.0 Å². The van der Waals surface area contributed by atoms with Crippen LogP contribution in [0.4, 0.5) is 5.69 Å². The highest BCUT2D eigenvalue weighted by molar-refractivity contribution is 6.04. The van der Waals surface area contributed by atoms with Crippen molar-refractivity contribution in [3.8, 4) is 0 Å². The van der Waals surface area contributed by atoms with Crippen molar-refractivity contribution >= 4 is 17.5 Å². The smallest absolute Gasteiger partial charge is 0.256 e. The quantitative estimate of drug-likeness (QED) is 0.833. The van der Waals surface area contributed by atoms with Gasteiger partial charge in [-0.2, -0.15) is 0 Å². The molecule has 2 amide bonds. The Morgan fingerprint density at radius 2 is 2.00 bits per heavy atom. The first-order valence-electron chi connectivity index (χ1n) is 9.31. The van der Waals surface area contributed by atoms with Gasteiger partial charge in [0.05, 0.1) is 17.4 Å². The van der Waals surface area contributed by atoms with Gasteiger partial charge >= 0.3 is 0 Å². The summed E-state index contributed by atoms with van der Waals surface area (Å²) in [6.45, 7) is 3.69. The fourth-order valence-corrected chi connectivity index (χ4v) is 3.48. The summed E-state index contributed by atoms with van der Waals surface area (Å²) in [6.07, 6.45) is 1.83. The number of likely N-dealkylation sites (N-methyl/N-ethyl adjacent to an activating group) is 1. The van der Waals surface area contributed by atoms with E-state index in [1.54, 1.807) is 12.1 Å². The van der Waals surface area contributed by atoms with Crippen LogP contribution >= 0.6 is 0 Å². The average molecular weight is 360 g/mol. The van der Waals surface area contributed by atoms with Crippen LogP contribution in [0.2, 0.25) is 0 Å². The molecule has 0 unspecified atom stereocenters. The average Bonchev–Trinajstić information content (AvgIpc) is 3.04. The van der Waals surface area contributed by atoms with Crippen LogP contribution in [0.5, 0.6) is 0 Å². The Kier molecular flexibility index (Phi) is 6.24. The molecule has 7 heteroatoms. The fraction of sp³-hybridized carbons (Fsp3) is 0.579. The molecule has 26 heavy (non-hydrogen) atoms. The van der Waals surface area contributed by atoms with Crippen LogP contribution in [0.1, 0.15) is 29.6 Å². The van der Waals surface area contributed by atoms with E-state index in [0.29, 0.717) is 30.8 Å². The van der Waals surface area contributed by atoms with Crippen molar-refractivity contribution < 1.29 is 14.3 Å². The largest absolute Gasteiger partial charge is 0.364 e. The number of hydrogen-bond acceptors (Lipinski definition) is 5. The Hall–Kier alpha value is -1.96. The van der Waals surface area contributed by atoms with Crippen molar-refractivity contribution in [2.24, 2.45) is 5.73 Å². The van der Waals surface area contributed by atoms with Crippen LogP contribution in [0.3, 0.4) is 0 Å². The van der Waals surface area contributed by atoms with Gasteiger partial charge in [0.1, 0.15) is 6.10 Å². The van der Waals surface area contributed by atoms with Crippen molar-refractivity contribution in [3.05, 3.63) is 29.8 Å². The highest BCUT2D eigenvalue weighted by atomic mass is 16.5. The van der Waals surface area contributed by atoms with E-state index < -0.39 is 6.10 Å². The van der Waals surface area contributed by atoms with Crippen molar-refractivity contribution in [3.63, 3.8) is 0 Å². The molecule has 0 saturated carbocycles. The van der Waals surface area contributed by atoms with E-state index in [1.165, 1.54) is 0 Å². The van der Waals surface area contributed by atoms with Crippen molar-refractivity contribution in [2.75, 3.05) is 45.1 Å². The number of para-hydroxylation sites is 1. The number of amides is 2. The molecule has 2 fully saturated rings. The Labute approximate surface area is 154 Å². The van der Waals surface area contributed by atoms with E-state index in [-0.39, 0.29) is 17.9 Å². The second-order valence-corrected chi connectivity index (χ2v) is 7.04. The molecule has 2 heterocycles. The molecule has 2 saturated heterocycles. The van der Waals surface area contributed by atoms with E-state index in [4.69, 9.17) is 10.5 Å². The molecule has 0 aliphatic carbocycles. The Morgan fingerprint density at radius 3 is 2.77 bits per heavy atom. The number of anilines is 1. The Morgan fingerprint density at radius 1 is 1.19 bits per heavy atom. The first-order valence-corrected chi connectivity index (χ1v) is 9.31. The lowest BCUT2D eigenvalue weighted by molar-refractivity contribution is -0.126. The third-order valence-electron chi connectivity index (χ3n) is 5.08. The van der Waals surface area contributed by atoms with Crippen LogP contribution in [0.15, 0.2) is 24.3 Å². The predicted octanol–water partition coefficient (Wildman–Crippen LogP) is 0.909. The van der Waals surface area contributed by atoms with E-state index >= 15 is 0 Å². The summed E-state index contributed by atoms with van der Waals surface area (Å²) in [4.78, 5) is 29.6. The molecule has 2 atom stereocenters. The molecule has 142 valence electrons. The van der Waals surface area contributed by atoms with Gasteiger partial charge in [-0.25, -0.2) is 0 Å². The van der Waals surface area contributed by atoms with Crippen LogP contribution in [-0.4, -0.2) is 73.6 Å². The zero-order valence-electron chi connectivity index (χ0n) is 15.3. The van der Waals surface area contributed by atoms with Crippen molar-refractivity contribution in [1.29, 1.82) is 0 Å².